The van der Waals surface area contributed by atoms with Crippen molar-refractivity contribution in [3.63, 3.8) is 0 Å². The third-order valence-electron chi connectivity index (χ3n) is 2.09. The maximum absolute atomic E-state index is 13.1. The van der Waals surface area contributed by atoms with E-state index in [1.165, 1.54) is 23.9 Å². The molecule has 0 saturated heterocycles. The molecule has 0 atom stereocenters. The lowest BCUT2D eigenvalue weighted by Gasteiger charge is -2.03. The Labute approximate surface area is 108 Å². The zero-order valence-electron chi connectivity index (χ0n) is 8.86. The van der Waals surface area contributed by atoms with Gasteiger partial charge in [-0.2, -0.15) is 0 Å². The van der Waals surface area contributed by atoms with Crippen LogP contribution in [-0.2, 0) is 5.75 Å². The summed E-state index contributed by atoms with van der Waals surface area (Å²) in [5.41, 5.74) is 7.03. The van der Waals surface area contributed by atoms with Crippen LogP contribution in [0.1, 0.15) is 5.56 Å². The molecule has 1 aromatic heterocycles. The average Bonchev–Trinajstić information content (AvgIpc) is 2.27. The molecule has 0 unspecified atom stereocenters. The van der Waals surface area contributed by atoms with Crippen molar-refractivity contribution in [1.82, 2.24) is 4.98 Å². The van der Waals surface area contributed by atoms with Crippen LogP contribution in [0, 0.1) is 5.82 Å². The zero-order chi connectivity index (χ0) is 12.3. The molecule has 0 fully saturated rings. The number of hydrogen-bond donors (Lipinski definition) is 1. The van der Waals surface area contributed by atoms with Crippen LogP contribution in [0.3, 0.4) is 0 Å². The van der Waals surface area contributed by atoms with Gasteiger partial charge in [-0.3, -0.25) is 0 Å². The summed E-state index contributed by atoms with van der Waals surface area (Å²) in [7, 11) is 0. The molecule has 0 saturated carbocycles. The number of halogens is 2. The van der Waals surface area contributed by atoms with Gasteiger partial charge in [-0.1, -0.05) is 17.7 Å². The van der Waals surface area contributed by atoms with Crippen molar-refractivity contribution in [1.29, 1.82) is 0 Å². The van der Waals surface area contributed by atoms with Gasteiger partial charge in [0.2, 0.25) is 0 Å². The van der Waals surface area contributed by atoms with Crippen LogP contribution < -0.4 is 5.73 Å². The maximum Gasteiger partial charge on any atom is 0.129 e. The molecule has 2 N–H and O–H groups in total. The zero-order valence-corrected chi connectivity index (χ0v) is 10.4. The molecule has 0 aliphatic heterocycles. The van der Waals surface area contributed by atoms with Gasteiger partial charge in [-0.05, 0) is 29.8 Å². The summed E-state index contributed by atoms with van der Waals surface area (Å²) in [6, 6.07) is 8.14. The summed E-state index contributed by atoms with van der Waals surface area (Å²) in [5.74, 6) is 0.384. The van der Waals surface area contributed by atoms with Crippen molar-refractivity contribution in [3.05, 3.63) is 53.1 Å². The van der Waals surface area contributed by atoms with Gasteiger partial charge in [0.15, 0.2) is 0 Å². The van der Waals surface area contributed by atoms with Gasteiger partial charge in [-0.25, -0.2) is 9.37 Å². The third kappa shape index (κ3) is 3.61. The molecule has 2 aromatic rings. The van der Waals surface area contributed by atoms with Crippen LogP contribution in [0.5, 0.6) is 0 Å². The van der Waals surface area contributed by atoms with Crippen LogP contribution in [0.4, 0.5) is 10.1 Å². The van der Waals surface area contributed by atoms with Gasteiger partial charge in [0.1, 0.15) is 11.0 Å². The van der Waals surface area contributed by atoms with E-state index in [-0.39, 0.29) is 5.82 Å². The highest BCUT2D eigenvalue weighted by Crippen LogP contribution is 2.25. The molecule has 88 valence electrons. The molecule has 17 heavy (non-hydrogen) atoms. The fourth-order valence-corrected chi connectivity index (χ4v) is 2.36. The van der Waals surface area contributed by atoms with Crippen molar-refractivity contribution in [3.8, 4) is 0 Å². The Bertz CT molecular complexity index is 496. The van der Waals surface area contributed by atoms with E-state index in [0.29, 0.717) is 16.6 Å². The molecule has 0 aliphatic rings. The van der Waals surface area contributed by atoms with Crippen molar-refractivity contribution < 1.29 is 4.39 Å². The Morgan fingerprint density at radius 2 is 2.12 bits per heavy atom. The Hall–Kier alpha value is -1.26. The summed E-state index contributed by atoms with van der Waals surface area (Å²) >= 11 is 7.19. The molecule has 1 heterocycles. The summed E-state index contributed by atoms with van der Waals surface area (Å²) in [4.78, 5) is 4.78. The van der Waals surface area contributed by atoms with Crippen LogP contribution >= 0.6 is 23.4 Å². The van der Waals surface area contributed by atoms with Crippen molar-refractivity contribution >= 4 is 29.1 Å². The molecule has 2 nitrogen and oxygen atoms in total. The van der Waals surface area contributed by atoms with Gasteiger partial charge in [0, 0.05) is 22.5 Å². The summed E-state index contributed by atoms with van der Waals surface area (Å²) < 4.78 is 13.1. The number of aromatic nitrogens is 1. The molecule has 5 heteroatoms. The second-order valence-electron chi connectivity index (χ2n) is 3.50. The number of nitrogens with two attached hydrogens (primary N) is 1. The maximum atomic E-state index is 13.1. The van der Waals surface area contributed by atoms with Gasteiger partial charge in [0.25, 0.3) is 0 Å². The highest BCUT2D eigenvalue weighted by molar-refractivity contribution is 7.98. The first-order valence-electron chi connectivity index (χ1n) is 4.93. The third-order valence-corrected chi connectivity index (χ3v) is 3.36. The Balaban J connectivity index is 2.04. The van der Waals surface area contributed by atoms with Crippen LogP contribution in [0.25, 0.3) is 0 Å². The Kier molecular flexibility index (Phi) is 3.86. The van der Waals surface area contributed by atoms with Gasteiger partial charge in [-0.15, -0.1) is 11.8 Å². The standard InChI is InChI=1S/C12H10ClFN2S/c13-12-2-1-8(6-16-12)7-17-11-4-9(14)3-10(15)5-11/h1-6H,7,15H2. The molecule has 2 rings (SSSR count). The quantitative estimate of drug-likeness (QED) is 0.523. The number of thioether (sulfide) groups is 1. The van der Waals surface area contributed by atoms with E-state index in [1.807, 2.05) is 6.07 Å². The number of rotatable bonds is 3. The first kappa shape index (κ1) is 12.2. The Morgan fingerprint density at radius 1 is 1.29 bits per heavy atom. The minimum Gasteiger partial charge on any atom is -0.399 e. The SMILES string of the molecule is Nc1cc(F)cc(SCc2ccc(Cl)nc2)c1. The molecule has 0 aliphatic carbocycles. The summed E-state index contributed by atoms with van der Waals surface area (Å²) in [6.45, 7) is 0. The predicted molar refractivity (Wildman–Crippen MR) is 69.6 cm³/mol. The van der Waals surface area contributed by atoms with E-state index in [2.05, 4.69) is 4.98 Å². The number of pyridine rings is 1. The molecule has 0 bridgehead atoms. The monoisotopic (exact) mass is 268 g/mol. The lowest BCUT2D eigenvalue weighted by Crippen LogP contribution is -1.88. The lowest BCUT2D eigenvalue weighted by molar-refractivity contribution is 0.625. The predicted octanol–water partition coefficient (Wildman–Crippen LogP) is 3.75. The Morgan fingerprint density at radius 3 is 2.76 bits per heavy atom. The average molecular weight is 269 g/mol. The van der Waals surface area contributed by atoms with E-state index in [4.69, 9.17) is 17.3 Å². The fourth-order valence-electron chi connectivity index (χ4n) is 1.33. The van der Waals surface area contributed by atoms with Crippen LogP contribution in [0.15, 0.2) is 41.4 Å². The molecular formula is C12H10ClFN2S. The highest BCUT2D eigenvalue weighted by atomic mass is 35.5. The second-order valence-corrected chi connectivity index (χ2v) is 4.93. The van der Waals surface area contributed by atoms with E-state index in [0.717, 1.165) is 10.5 Å². The van der Waals surface area contributed by atoms with Gasteiger partial charge >= 0.3 is 0 Å². The molecule has 1 aromatic carbocycles. The van der Waals surface area contributed by atoms with E-state index in [1.54, 1.807) is 18.3 Å². The second kappa shape index (κ2) is 5.38. The normalized spacial score (nSPS) is 10.5. The molecular weight excluding hydrogens is 259 g/mol. The summed E-state index contributed by atoms with van der Waals surface area (Å²) in [6.07, 6.45) is 1.71. The number of hydrogen-bond acceptors (Lipinski definition) is 3. The van der Waals surface area contributed by atoms with Crippen molar-refractivity contribution in [2.24, 2.45) is 0 Å². The minimum atomic E-state index is -0.318. The summed E-state index contributed by atoms with van der Waals surface area (Å²) in [5, 5.41) is 0.466. The number of benzene rings is 1. The van der Waals surface area contributed by atoms with Crippen molar-refractivity contribution in [2.75, 3.05) is 5.73 Å². The minimum absolute atomic E-state index is 0.318. The van der Waals surface area contributed by atoms with Crippen LogP contribution in [0.2, 0.25) is 5.15 Å². The highest BCUT2D eigenvalue weighted by Gasteiger charge is 2.01. The molecule has 0 radical (unpaired) electrons. The first-order chi connectivity index (χ1) is 8.13. The van der Waals surface area contributed by atoms with Gasteiger partial charge in [0.05, 0.1) is 0 Å². The topological polar surface area (TPSA) is 38.9 Å². The number of nitrogens with zero attached hydrogens (tertiary/aromatic N) is 1. The number of nitrogen functional groups attached to an aromatic ring is 1. The van der Waals surface area contributed by atoms with Crippen molar-refractivity contribution in [2.45, 2.75) is 10.6 Å². The van der Waals surface area contributed by atoms with E-state index >= 15 is 0 Å². The molecule has 0 spiro atoms. The fraction of sp³-hybridized carbons (Fsp3) is 0.0833. The smallest absolute Gasteiger partial charge is 0.129 e. The van der Waals surface area contributed by atoms with E-state index in [9.17, 15) is 4.39 Å². The largest absolute Gasteiger partial charge is 0.399 e. The first-order valence-corrected chi connectivity index (χ1v) is 6.29. The van der Waals surface area contributed by atoms with E-state index < -0.39 is 0 Å². The van der Waals surface area contributed by atoms with Gasteiger partial charge < -0.3 is 5.73 Å². The lowest BCUT2D eigenvalue weighted by atomic mass is 10.3. The molecule has 0 amide bonds. The number of anilines is 1. The van der Waals surface area contributed by atoms with Crippen LogP contribution in [-0.4, -0.2) is 4.98 Å².